The normalized spacial score (nSPS) is 14.0. The van der Waals surface area contributed by atoms with Crippen molar-refractivity contribution < 1.29 is 29.3 Å². The Bertz CT molecular complexity index is 1430. The van der Waals surface area contributed by atoms with Crippen LogP contribution >= 0.6 is 24.0 Å². The van der Waals surface area contributed by atoms with E-state index >= 15 is 0 Å². The van der Waals surface area contributed by atoms with Gasteiger partial charge in [-0.3, -0.25) is 14.6 Å². The summed E-state index contributed by atoms with van der Waals surface area (Å²) in [5.74, 6) is -1.68. The van der Waals surface area contributed by atoms with Gasteiger partial charge in [-0.1, -0.05) is 61.6 Å². The highest BCUT2D eigenvalue weighted by atomic mass is 32.2. The zero-order chi connectivity index (χ0) is 26.5. The van der Waals surface area contributed by atoms with Crippen molar-refractivity contribution in [3.8, 4) is 11.5 Å². The fraction of sp³-hybridized carbons (Fsp3) is 0.148. The van der Waals surface area contributed by atoms with E-state index in [0.717, 1.165) is 17.3 Å². The molecule has 0 spiro atoms. The average Bonchev–Trinajstić information content (AvgIpc) is 3.21. The molecule has 4 rings (SSSR count). The molecule has 188 valence electrons. The largest absolute Gasteiger partial charge is 0.507 e. The van der Waals surface area contributed by atoms with E-state index in [9.17, 15) is 24.6 Å². The average molecular weight is 535 g/mol. The summed E-state index contributed by atoms with van der Waals surface area (Å²) in [5.41, 5.74) is 2.22. The third kappa shape index (κ3) is 6.04. The van der Waals surface area contributed by atoms with Crippen LogP contribution in [0.5, 0.6) is 11.5 Å². The van der Waals surface area contributed by atoms with Crippen molar-refractivity contribution >= 4 is 52.0 Å². The molecular formula is C27H22N2O6S2. The molecule has 0 radical (unpaired) electrons. The summed E-state index contributed by atoms with van der Waals surface area (Å²) in [6, 6.07) is 11.8. The SMILES string of the molecule is CCCc1c(OCc2ccc(/C=C3\SC(=S)NC3=O)cc2)ccc(C(=O)c2cncc(C(=O)O)c2)c1O. The number of phenolic OH excluding ortho intramolecular Hbond substituents is 1. The van der Waals surface area contributed by atoms with Gasteiger partial charge in [0.15, 0.2) is 5.78 Å². The van der Waals surface area contributed by atoms with Gasteiger partial charge in [-0.25, -0.2) is 4.79 Å². The summed E-state index contributed by atoms with van der Waals surface area (Å²) in [5, 5.41) is 22.7. The summed E-state index contributed by atoms with van der Waals surface area (Å²) in [4.78, 5) is 40.4. The number of benzene rings is 2. The highest BCUT2D eigenvalue weighted by molar-refractivity contribution is 8.26. The lowest BCUT2D eigenvalue weighted by atomic mass is 9.97. The van der Waals surface area contributed by atoms with E-state index in [4.69, 9.17) is 17.0 Å². The van der Waals surface area contributed by atoms with E-state index in [2.05, 4.69) is 10.3 Å². The molecular weight excluding hydrogens is 512 g/mol. The van der Waals surface area contributed by atoms with Crippen LogP contribution in [0.4, 0.5) is 0 Å². The minimum absolute atomic E-state index is 0.0471. The predicted molar refractivity (Wildman–Crippen MR) is 144 cm³/mol. The smallest absolute Gasteiger partial charge is 0.337 e. The third-order valence-corrected chi connectivity index (χ3v) is 6.71. The molecule has 3 aromatic rings. The van der Waals surface area contributed by atoms with Crippen LogP contribution in [0.2, 0.25) is 0 Å². The number of thioether (sulfide) groups is 1. The Balaban J connectivity index is 1.52. The zero-order valence-electron chi connectivity index (χ0n) is 19.7. The highest BCUT2D eigenvalue weighted by Crippen LogP contribution is 2.34. The summed E-state index contributed by atoms with van der Waals surface area (Å²) in [6.07, 6.45) is 5.36. The standard InChI is InChI=1S/C27H22N2O6S2/c1-2-3-19-21(9-8-20(24(19)31)23(30)17-11-18(26(33)34)13-28-12-17)35-14-16-6-4-15(5-7-16)10-22-25(32)29-27(36)37-22/h4-13,31H,2-3,14H2,1H3,(H,33,34)(H,29,32,36)/b22-10-. The second kappa shape index (κ2) is 11.4. The molecule has 1 aliphatic rings. The number of nitrogens with zero attached hydrogens (tertiary/aromatic N) is 1. The van der Waals surface area contributed by atoms with Gasteiger partial charge < -0.3 is 20.3 Å². The van der Waals surface area contributed by atoms with E-state index < -0.39 is 11.8 Å². The molecule has 3 N–H and O–H groups in total. The van der Waals surface area contributed by atoms with E-state index in [1.54, 1.807) is 12.1 Å². The maximum atomic E-state index is 13.0. The number of carboxylic acid groups (broad SMARTS) is 1. The molecule has 2 heterocycles. The molecule has 0 aliphatic carbocycles. The number of aromatic nitrogens is 1. The van der Waals surface area contributed by atoms with Crippen molar-refractivity contribution in [3.63, 3.8) is 0 Å². The van der Waals surface area contributed by atoms with Gasteiger partial charge in [0.05, 0.1) is 16.0 Å². The maximum absolute atomic E-state index is 13.0. The lowest BCUT2D eigenvalue weighted by Gasteiger charge is -2.15. The first-order valence-corrected chi connectivity index (χ1v) is 12.5. The first kappa shape index (κ1) is 26.1. The molecule has 0 unspecified atom stereocenters. The Hall–Kier alpha value is -4.02. The first-order valence-electron chi connectivity index (χ1n) is 11.3. The number of rotatable bonds is 9. The van der Waals surface area contributed by atoms with Crippen molar-refractivity contribution in [3.05, 3.63) is 93.1 Å². The number of carbonyl (C=O) groups is 3. The molecule has 1 fully saturated rings. The number of carbonyl (C=O) groups excluding carboxylic acids is 2. The van der Waals surface area contributed by atoms with Crippen LogP contribution in [0.3, 0.4) is 0 Å². The Morgan fingerprint density at radius 3 is 2.51 bits per heavy atom. The molecule has 1 aliphatic heterocycles. The lowest BCUT2D eigenvalue weighted by Crippen LogP contribution is -2.17. The van der Waals surface area contributed by atoms with Crippen LogP contribution in [0.1, 0.15) is 56.3 Å². The highest BCUT2D eigenvalue weighted by Gasteiger charge is 2.22. The number of ketones is 1. The molecule has 0 bridgehead atoms. The van der Waals surface area contributed by atoms with E-state index in [-0.39, 0.29) is 35.0 Å². The molecule has 0 atom stereocenters. The van der Waals surface area contributed by atoms with Gasteiger partial charge in [-0.05, 0) is 41.8 Å². The van der Waals surface area contributed by atoms with Gasteiger partial charge in [0.2, 0.25) is 0 Å². The van der Waals surface area contributed by atoms with Crippen LogP contribution in [-0.4, -0.2) is 37.2 Å². The molecule has 1 amide bonds. The fourth-order valence-corrected chi connectivity index (χ4v) is 4.75. The maximum Gasteiger partial charge on any atom is 0.337 e. The van der Waals surface area contributed by atoms with Gasteiger partial charge in [-0.15, -0.1) is 0 Å². The second-order valence-corrected chi connectivity index (χ2v) is 9.89. The predicted octanol–water partition coefficient (Wildman–Crippen LogP) is 4.74. The molecule has 0 saturated carbocycles. The van der Waals surface area contributed by atoms with Crippen LogP contribution in [0.25, 0.3) is 6.08 Å². The summed E-state index contributed by atoms with van der Waals surface area (Å²) >= 11 is 6.23. The molecule has 8 nitrogen and oxygen atoms in total. The quantitative estimate of drug-likeness (QED) is 0.203. The Kier molecular flexibility index (Phi) is 8.00. The van der Waals surface area contributed by atoms with Crippen molar-refractivity contribution in [1.82, 2.24) is 10.3 Å². The van der Waals surface area contributed by atoms with Gasteiger partial charge >= 0.3 is 5.97 Å². The van der Waals surface area contributed by atoms with Gasteiger partial charge in [-0.2, -0.15) is 0 Å². The number of ether oxygens (including phenoxy) is 1. The molecule has 10 heteroatoms. The van der Waals surface area contributed by atoms with E-state index in [1.165, 1.54) is 30.1 Å². The molecule has 1 saturated heterocycles. The number of pyridine rings is 1. The summed E-state index contributed by atoms with van der Waals surface area (Å²) in [6.45, 7) is 2.17. The molecule has 37 heavy (non-hydrogen) atoms. The number of thiocarbonyl (C=S) groups is 1. The van der Waals surface area contributed by atoms with Crippen molar-refractivity contribution in [2.24, 2.45) is 0 Å². The summed E-state index contributed by atoms with van der Waals surface area (Å²) < 4.78 is 6.43. The van der Waals surface area contributed by atoms with E-state index in [1.807, 2.05) is 31.2 Å². The number of hydrogen-bond acceptors (Lipinski definition) is 8. The topological polar surface area (TPSA) is 126 Å². The van der Waals surface area contributed by atoms with Gasteiger partial charge in [0, 0.05) is 23.5 Å². The summed E-state index contributed by atoms with van der Waals surface area (Å²) in [7, 11) is 0. The monoisotopic (exact) mass is 534 g/mol. The Labute approximate surface area is 222 Å². The van der Waals surface area contributed by atoms with Crippen LogP contribution in [-0.2, 0) is 17.8 Å². The van der Waals surface area contributed by atoms with Crippen LogP contribution in [0.15, 0.2) is 59.8 Å². The number of hydrogen-bond donors (Lipinski definition) is 3. The second-order valence-electron chi connectivity index (χ2n) is 8.17. The number of amides is 1. The Morgan fingerprint density at radius 2 is 1.86 bits per heavy atom. The third-order valence-electron chi connectivity index (χ3n) is 5.55. The van der Waals surface area contributed by atoms with Crippen molar-refractivity contribution in [1.29, 1.82) is 0 Å². The van der Waals surface area contributed by atoms with Gasteiger partial charge in [0.1, 0.15) is 22.4 Å². The Morgan fingerprint density at radius 1 is 1.14 bits per heavy atom. The number of carboxylic acids is 1. The number of nitrogens with one attached hydrogen (secondary N) is 1. The minimum Gasteiger partial charge on any atom is -0.507 e. The van der Waals surface area contributed by atoms with Crippen molar-refractivity contribution in [2.75, 3.05) is 0 Å². The number of aromatic carboxylic acids is 1. The van der Waals surface area contributed by atoms with Gasteiger partial charge in [0.25, 0.3) is 5.91 Å². The van der Waals surface area contributed by atoms with E-state index in [0.29, 0.717) is 33.4 Å². The fourth-order valence-electron chi connectivity index (χ4n) is 3.71. The zero-order valence-corrected chi connectivity index (χ0v) is 21.3. The number of aromatic hydroxyl groups is 1. The van der Waals surface area contributed by atoms with Crippen LogP contribution < -0.4 is 10.1 Å². The van der Waals surface area contributed by atoms with Crippen molar-refractivity contribution in [2.45, 2.75) is 26.4 Å². The minimum atomic E-state index is -1.20. The van der Waals surface area contributed by atoms with Crippen LogP contribution in [0, 0.1) is 0 Å². The molecule has 2 aromatic carbocycles. The lowest BCUT2D eigenvalue weighted by molar-refractivity contribution is -0.115. The molecule has 1 aromatic heterocycles. The first-order chi connectivity index (χ1) is 17.8. The number of phenols is 1.